The van der Waals surface area contributed by atoms with Crippen LogP contribution < -0.4 is 5.32 Å². The molecule has 0 aromatic rings. The normalized spacial score (nSPS) is 18.4. The number of hydrogen-bond donors (Lipinski definition) is 1. The van der Waals surface area contributed by atoms with Crippen molar-refractivity contribution in [1.82, 2.24) is 10.2 Å². The highest BCUT2D eigenvalue weighted by Gasteiger charge is 2.22. The molecule has 1 fully saturated rings. The molecule has 0 aromatic heterocycles. The number of rotatable bonds is 4. The minimum atomic E-state index is -0.0600. The van der Waals surface area contributed by atoms with E-state index in [2.05, 4.69) is 5.32 Å². The Morgan fingerprint density at radius 1 is 1.71 bits per heavy atom. The number of nitrogens with zero attached hydrogens (tertiary/aromatic N) is 1. The number of carbonyl (C=O) groups excluding carboxylic acids is 2. The lowest BCUT2D eigenvalue weighted by molar-refractivity contribution is -0.132. The molecule has 0 aliphatic carbocycles. The fourth-order valence-corrected chi connectivity index (χ4v) is 2.04. The van der Waals surface area contributed by atoms with E-state index in [0.717, 1.165) is 6.42 Å². The van der Waals surface area contributed by atoms with E-state index in [1.54, 1.807) is 16.7 Å². The fraction of sp³-hybridized carbons (Fsp3) is 0.778. The summed E-state index contributed by atoms with van der Waals surface area (Å²) in [5, 5.41) is 2.83. The van der Waals surface area contributed by atoms with Gasteiger partial charge in [-0.2, -0.15) is 0 Å². The molecular weight excluding hydrogens is 200 g/mol. The van der Waals surface area contributed by atoms with Crippen LogP contribution in [-0.4, -0.2) is 40.9 Å². The summed E-state index contributed by atoms with van der Waals surface area (Å²) < 4.78 is 0. The minimum Gasteiger partial charge on any atom is -0.352 e. The average molecular weight is 216 g/mol. The van der Waals surface area contributed by atoms with Gasteiger partial charge in [0.2, 0.25) is 11.8 Å². The Morgan fingerprint density at radius 3 is 2.93 bits per heavy atom. The van der Waals surface area contributed by atoms with Crippen LogP contribution in [0.2, 0.25) is 0 Å². The van der Waals surface area contributed by atoms with E-state index in [9.17, 15) is 9.59 Å². The summed E-state index contributed by atoms with van der Waals surface area (Å²) in [6.07, 6.45) is 0.911. The Kier molecular flexibility index (Phi) is 4.25. The van der Waals surface area contributed by atoms with E-state index in [-0.39, 0.29) is 24.4 Å². The molecule has 0 radical (unpaired) electrons. The van der Waals surface area contributed by atoms with Crippen LogP contribution in [0, 0.1) is 0 Å². The molecular formula is C9H16N2O2S. The van der Waals surface area contributed by atoms with Crippen molar-refractivity contribution in [2.24, 2.45) is 0 Å². The lowest BCUT2D eigenvalue weighted by Gasteiger charge is -2.16. The van der Waals surface area contributed by atoms with Crippen molar-refractivity contribution in [1.29, 1.82) is 0 Å². The van der Waals surface area contributed by atoms with E-state index in [1.807, 2.05) is 13.8 Å². The maximum absolute atomic E-state index is 11.4. The summed E-state index contributed by atoms with van der Waals surface area (Å²) in [6, 6.07) is 0.188. The van der Waals surface area contributed by atoms with Crippen LogP contribution in [0.4, 0.5) is 0 Å². The Hall–Kier alpha value is -0.710. The summed E-state index contributed by atoms with van der Waals surface area (Å²) in [6.45, 7) is 4.18. The van der Waals surface area contributed by atoms with Gasteiger partial charge in [-0.05, 0) is 13.3 Å². The Balaban J connectivity index is 2.29. The lowest BCUT2D eigenvalue weighted by atomic mass is 10.2. The molecule has 0 aromatic carbocycles. The third-order valence-corrected chi connectivity index (χ3v) is 3.12. The van der Waals surface area contributed by atoms with Crippen LogP contribution in [0.15, 0.2) is 0 Å². The molecule has 80 valence electrons. The van der Waals surface area contributed by atoms with Crippen LogP contribution >= 0.6 is 11.8 Å². The first-order valence-electron chi connectivity index (χ1n) is 4.78. The first-order valence-corrected chi connectivity index (χ1v) is 5.93. The molecule has 5 heteroatoms. The van der Waals surface area contributed by atoms with E-state index < -0.39 is 0 Å². The van der Waals surface area contributed by atoms with Gasteiger partial charge in [0.25, 0.3) is 0 Å². The van der Waals surface area contributed by atoms with E-state index in [4.69, 9.17) is 0 Å². The maximum Gasteiger partial charge on any atom is 0.239 e. The standard InChI is InChI=1S/C9H16N2O2S/c1-3-7(2)10-8(12)4-11-6-14-5-9(11)13/h7H,3-6H2,1-2H3,(H,10,12)/t7-/m0/s1. The van der Waals surface area contributed by atoms with Crippen molar-refractivity contribution in [3.8, 4) is 0 Å². The first-order chi connectivity index (χ1) is 6.63. The average Bonchev–Trinajstić information content (AvgIpc) is 2.51. The van der Waals surface area contributed by atoms with Crippen LogP contribution in [0.3, 0.4) is 0 Å². The Labute approximate surface area is 88.4 Å². The summed E-state index contributed by atoms with van der Waals surface area (Å²) in [5.74, 6) is 1.16. The minimum absolute atomic E-state index is 0.0600. The molecule has 1 heterocycles. The predicted octanol–water partition coefficient (Wildman–Crippen LogP) is 0.434. The molecule has 14 heavy (non-hydrogen) atoms. The molecule has 2 amide bonds. The van der Waals surface area contributed by atoms with Gasteiger partial charge in [0.05, 0.1) is 11.6 Å². The number of amides is 2. The highest BCUT2D eigenvalue weighted by atomic mass is 32.2. The summed E-state index contributed by atoms with van der Waals surface area (Å²) in [4.78, 5) is 24.2. The zero-order chi connectivity index (χ0) is 10.6. The summed E-state index contributed by atoms with van der Waals surface area (Å²) >= 11 is 1.55. The van der Waals surface area contributed by atoms with Crippen LogP contribution in [-0.2, 0) is 9.59 Å². The number of thioether (sulfide) groups is 1. The predicted molar refractivity (Wildman–Crippen MR) is 56.9 cm³/mol. The molecule has 0 bridgehead atoms. The van der Waals surface area contributed by atoms with Crippen LogP contribution in [0.25, 0.3) is 0 Å². The number of hydrogen-bond acceptors (Lipinski definition) is 3. The summed E-state index contributed by atoms with van der Waals surface area (Å²) in [7, 11) is 0. The SMILES string of the molecule is CC[C@H](C)NC(=O)CN1CSCC1=O. The van der Waals surface area contributed by atoms with E-state index in [0.29, 0.717) is 11.6 Å². The molecule has 1 rings (SSSR count). The van der Waals surface area contributed by atoms with E-state index in [1.165, 1.54) is 0 Å². The number of nitrogens with one attached hydrogen (secondary N) is 1. The maximum atomic E-state index is 11.4. The topological polar surface area (TPSA) is 49.4 Å². The van der Waals surface area contributed by atoms with Crippen molar-refractivity contribution in [2.45, 2.75) is 26.3 Å². The van der Waals surface area contributed by atoms with Gasteiger partial charge in [-0.15, -0.1) is 11.8 Å². The second kappa shape index (κ2) is 5.24. The quantitative estimate of drug-likeness (QED) is 0.741. The van der Waals surface area contributed by atoms with Gasteiger partial charge in [0.15, 0.2) is 0 Å². The van der Waals surface area contributed by atoms with E-state index >= 15 is 0 Å². The highest BCUT2D eigenvalue weighted by molar-refractivity contribution is 8.00. The van der Waals surface area contributed by atoms with Gasteiger partial charge in [0, 0.05) is 6.04 Å². The molecule has 1 atom stereocenters. The lowest BCUT2D eigenvalue weighted by Crippen LogP contribution is -2.41. The van der Waals surface area contributed by atoms with Crippen molar-refractivity contribution >= 4 is 23.6 Å². The molecule has 1 aliphatic heterocycles. The molecule has 0 saturated carbocycles. The van der Waals surface area contributed by atoms with Gasteiger partial charge in [-0.3, -0.25) is 9.59 Å². The molecule has 1 N–H and O–H groups in total. The highest BCUT2D eigenvalue weighted by Crippen LogP contribution is 2.13. The van der Waals surface area contributed by atoms with Gasteiger partial charge >= 0.3 is 0 Å². The Morgan fingerprint density at radius 2 is 2.43 bits per heavy atom. The second-order valence-corrected chi connectivity index (χ2v) is 4.40. The Bertz CT molecular complexity index is 233. The first kappa shape index (κ1) is 11.4. The molecule has 4 nitrogen and oxygen atoms in total. The third-order valence-electron chi connectivity index (χ3n) is 2.18. The largest absolute Gasteiger partial charge is 0.352 e. The molecule has 1 saturated heterocycles. The zero-order valence-corrected chi connectivity index (χ0v) is 9.39. The fourth-order valence-electron chi connectivity index (χ4n) is 1.14. The van der Waals surface area contributed by atoms with Crippen LogP contribution in [0.5, 0.6) is 0 Å². The third kappa shape index (κ3) is 3.21. The monoisotopic (exact) mass is 216 g/mol. The second-order valence-electron chi connectivity index (χ2n) is 3.45. The van der Waals surface area contributed by atoms with Gasteiger partial charge in [-0.1, -0.05) is 6.92 Å². The zero-order valence-electron chi connectivity index (χ0n) is 8.58. The van der Waals surface area contributed by atoms with Crippen LogP contribution in [0.1, 0.15) is 20.3 Å². The molecule has 0 unspecified atom stereocenters. The van der Waals surface area contributed by atoms with Crippen molar-refractivity contribution in [3.05, 3.63) is 0 Å². The van der Waals surface area contributed by atoms with Crippen molar-refractivity contribution in [3.63, 3.8) is 0 Å². The van der Waals surface area contributed by atoms with Gasteiger partial charge in [0.1, 0.15) is 6.54 Å². The molecule has 1 aliphatic rings. The number of carbonyl (C=O) groups is 2. The summed E-state index contributed by atoms with van der Waals surface area (Å²) in [5.41, 5.74) is 0. The van der Waals surface area contributed by atoms with Gasteiger partial charge in [-0.25, -0.2) is 0 Å². The van der Waals surface area contributed by atoms with Crippen molar-refractivity contribution in [2.75, 3.05) is 18.2 Å². The molecule has 0 spiro atoms. The smallest absolute Gasteiger partial charge is 0.239 e. The van der Waals surface area contributed by atoms with Gasteiger partial charge < -0.3 is 10.2 Å². The van der Waals surface area contributed by atoms with Crippen molar-refractivity contribution < 1.29 is 9.59 Å².